The zero-order chi connectivity index (χ0) is 21.0. The predicted molar refractivity (Wildman–Crippen MR) is 101 cm³/mol. The average molecular weight is 399 g/mol. The Hall–Kier alpha value is -3.62. The van der Waals surface area contributed by atoms with Gasteiger partial charge in [-0.3, -0.25) is 19.0 Å². The molecule has 0 spiro atoms. The molecule has 0 aliphatic carbocycles. The highest BCUT2D eigenvalue weighted by Crippen LogP contribution is 2.21. The molecule has 0 aliphatic rings. The number of rotatable bonds is 8. The molecule has 152 valence electrons. The number of aryl methyl sites for hydroxylation is 2. The second-order valence-corrected chi connectivity index (χ2v) is 6.48. The minimum atomic E-state index is -0.584. The molecule has 0 aliphatic heterocycles. The lowest BCUT2D eigenvalue weighted by Crippen LogP contribution is -2.26. The SMILES string of the molecule is Cc1cc(-n2c(C)cc(C(=O)COC(=O)CCNC(=O)c3ccco3)c2C)no1. The smallest absolute Gasteiger partial charge is 0.308 e. The van der Waals surface area contributed by atoms with Gasteiger partial charge in [0.15, 0.2) is 18.2 Å². The number of nitrogens with zero attached hydrogens (tertiary/aromatic N) is 2. The van der Waals surface area contributed by atoms with Gasteiger partial charge in [-0.25, -0.2) is 0 Å². The van der Waals surface area contributed by atoms with Crippen LogP contribution in [0.1, 0.15) is 44.5 Å². The Labute approximate surface area is 166 Å². The van der Waals surface area contributed by atoms with Gasteiger partial charge in [0.2, 0.25) is 5.78 Å². The summed E-state index contributed by atoms with van der Waals surface area (Å²) >= 11 is 0. The van der Waals surface area contributed by atoms with Crippen LogP contribution in [-0.4, -0.2) is 40.5 Å². The minimum Gasteiger partial charge on any atom is -0.459 e. The highest BCUT2D eigenvalue weighted by Gasteiger charge is 2.19. The van der Waals surface area contributed by atoms with Gasteiger partial charge in [-0.1, -0.05) is 5.16 Å². The molecular weight excluding hydrogens is 378 g/mol. The van der Waals surface area contributed by atoms with Crippen molar-refractivity contribution in [2.24, 2.45) is 0 Å². The minimum absolute atomic E-state index is 0.0586. The van der Waals surface area contributed by atoms with E-state index in [1.54, 1.807) is 36.6 Å². The topological polar surface area (TPSA) is 117 Å². The van der Waals surface area contributed by atoms with Crippen LogP contribution in [0.4, 0.5) is 0 Å². The second-order valence-electron chi connectivity index (χ2n) is 6.48. The molecule has 0 atom stereocenters. The summed E-state index contributed by atoms with van der Waals surface area (Å²) in [6.07, 6.45) is 1.33. The molecule has 1 amide bonds. The molecule has 3 rings (SSSR count). The van der Waals surface area contributed by atoms with E-state index in [1.807, 2.05) is 6.92 Å². The molecule has 0 aromatic carbocycles. The number of ether oxygens (including phenoxy) is 1. The number of furan rings is 1. The van der Waals surface area contributed by atoms with Crippen molar-refractivity contribution >= 4 is 17.7 Å². The average Bonchev–Trinajstić information content (AvgIpc) is 3.41. The Morgan fingerprint density at radius 1 is 1.21 bits per heavy atom. The maximum atomic E-state index is 12.5. The number of amides is 1. The van der Waals surface area contributed by atoms with E-state index in [9.17, 15) is 14.4 Å². The van der Waals surface area contributed by atoms with Crippen molar-refractivity contribution in [1.82, 2.24) is 15.0 Å². The Morgan fingerprint density at radius 2 is 2.00 bits per heavy atom. The lowest BCUT2D eigenvalue weighted by molar-refractivity contribution is -0.142. The first-order valence-corrected chi connectivity index (χ1v) is 9.00. The van der Waals surface area contributed by atoms with Crippen LogP contribution < -0.4 is 5.32 Å². The van der Waals surface area contributed by atoms with Crippen LogP contribution >= 0.6 is 0 Å². The first-order valence-electron chi connectivity index (χ1n) is 9.00. The number of hydrogen-bond donors (Lipinski definition) is 1. The van der Waals surface area contributed by atoms with Gasteiger partial charge in [-0.2, -0.15) is 0 Å². The van der Waals surface area contributed by atoms with Crippen LogP contribution in [0, 0.1) is 20.8 Å². The molecule has 0 saturated heterocycles. The van der Waals surface area contributed by atoms with Gasteiger partial charge in [-0.15, -0.1) is 0 Å². The van der Waals surface area contributed by atoms with Crippen molar-refractivity contribution in [3.8, 4) is 5.82 Å². The maximum absolute atomic E-state index is 12.5. The third-order valence-corrected chi connectivity index (χ3v) is 4.30. The fourth-order valence-electron chi connectivity index (χ4n) is 2.93. The van der Waals surface area contributed by atoms with Gasteiger partial charge in [0, 0.05) is 29.6 Å². The molecule has 9 heteroatoms. The van der Waals surface area contributed by atoms with Crippen molar-refractivity contribution in [1.29, 1.82) is 0 Å². The van der Waals surface area contributed by atoms with Gasteiger partial charge in [0.25, 0.3) is 5.91 Å². The van der Waals surface area contributed by atoms with Crippen LogP contribution in [0.15, 0.2) is 39.5 Å². The summed E-state index contributed by atoms with van der Waals surface area (Å²) in [5.74, 6) is 0.0754. The molecule has 1 N–H and O–H groups in total. The van der Waals surface area contributed by atoms with Crippen molar-refractivity contribution in [3.63, 3.8) is 0 Å². The Balaban J connectivity index is 1.51. The van der Waals surface area contributed by atoms with Crippen LogP contribution in [-0.2, 0) is 9.53 Å². The Kier molecular flexibility index (Phi) is 5.96. The highest BCUT2D eigenvalue weighted by molar-refractivity contribution is 5.99. The van der Waals surface area contributed by atoms with E-state index in [0.29, 0.717) is 22.8 Å². The summed E-state index contributed by atoms with van der Waals surface area (Å²) < 4.78 is 16.9. The zero-order valence-electron chi connectivity index (χ0n) is 16.4. The zero-order valence-corrected chi connectivity index (χ0v) is 16.4. The van der Waals surface area contributed by atoms with Gasteiger partial charge < -0.3 is 19.0 Å². The fraction of sp³-hybridized carbons (Fsp3) is 0.300. The Morgan fingerprint density at radius 3 is 2.66 bits per heavy atom. The van der Waals surface area contributed by atoms with Crippen molar-refractivity contribution in [2.45, 2.75) is 27.2 Å². The first-order chi connectivity index (χ1) is 13.9. The van der Waals surface area contributed by atoms with Crippen molar-refractivity contribution in [2.75, 3.05) is 13.2 Å². The number of esters is 1. The monoisotopic (exact) mass is 399 g/mol. The summed E-state index contributed by atoms with van der Waals surface area (Å²) in [5, 5.41) is 6.51. The molecular formula is C20H21N3O6. The summed E-state index contributed by atoms with van der Waals surface area (Å²) in [6.45, 7) is 5.12. The molecule has 0 saturated carbocycles. The third kappa shape index (κ3) is 4.63. The molecule has 29 heavy (non-hydrogen) atoms. The van der Waals surface area contributed by atoms with Crippen molar-refractivity contribution in [3.05, 3.63) is 59.0 Å². The highest BCUT2D eigenvalue weighted by atomic mass is 16.5. The standard InChI is InChI=1S/C20H21N3O6/c1-12-9-15(14(3)23(12)18-10-13(2)29-22-18)16(24)11-28-19(25)6-7-21-20(26)17-5-4-8-27-17/h4-5,8-10H,6-7,11H2,1-3H3,(H,21,26). The van der Waals surface area contributed by atoms with E-state index < -0.39 is 11.9 Å². The van der Waals surface area contributed by atoms with Crippen molar-refractivity contribution < 1.29 is 28.1 Å². The van der Waals surface area contributed by atoms with Crippen LogP contribution in [0.25, 0.3) is 5.82 Å². The van der Waals surface area contributed by atoms with E-state index >= 15 is 0 Å². The van der Waals surface area contributed by atoms with Crippen LogP contribution in [0.3, 0.4) is 0 Å². The predicted octanol–water partition coefficient (Wildman–Crippen LogP) is 2.53. The normalized spacial score (nSPS) is 10.7. The number of aromatic nitrogens is 2. The number of carbonyl (C=O) groups excluding carboxylic acids is 3. The summed E-state index contributed by atoms with van der Waals surface area (Å²) in [7, 11) is 0. The van der Waals surface area contributed by atoms with E-state index in [1.165, 1.54) is 12.3 Å². The van der Waals surface area contributed by atoms with Gasteiger partial charge in [0.05, 0.1) is 12.7 Å². The molecule has 3 heterocycles. The van der Waals surface area contributed by atoms with E-state index in [4.69, 9.17) is 13.7 Å². The van der Waals surface area contributed by atoms with Gasteiger partial charge in [0.1, 0.15) is 5.76 Å². The van der Waals surface area contributed by atoms with Crippen LogP contribution in [0.5, 0.6) is 0 Å². The van der Waals surface area contributed by atoms with Gasteiger partial charge >= 0.3 is 5.97 Å². The molecule has 0 fully saturated rings. The van der Waals surface area contributed by atoms with Crippen LogP contribution in [0.2, 0.25) is 0 Å². The fourth-order valence-corrected chi connectivity index (χ4v) is 2.93. The number of Topliss-reactive ketones (excluding diaryl/α,β-unsaturated/α-hetero) is 1. The molecule has 3 aromatic rings. The Bertz CT molecular complexity index is 1030. The number of carbonyl (C=O) groups is 3. The molecule has 0 bridgehead atoms. The molecule has 9 nitrogen and oxygen atoms in total. The lowest BCUT2D eigenvalue weighted by atomic mass is 10.1. The van der Waals surface area contributed by atoms with E-state index in [2.05, 4.69) is 10.5 Å². The summed E-state index contributed by atoms with van der Waals surface area (Å²) in [4.78, 5) is 36.0. The largest absolute Gasteiger partial charge is 0.459 e. The lowest BCUT2D eigenvalue weighted by Gasteiger charge is -2.06. The first kappa shape index (κ1) is 20.1. The van der Waals surface area contributed by atoms with Gasteiger partial charge in [-0.05, 0) is 39.0 Å². The number of nitrogens with one attached hydrogen (secondary N) is 1. The number of hydrogen-bond acceptors (Lipinski definition) is 7. The maximum Gasteiger partial charge on any atom is 0.308 e. The third-order valence-electron chi connectivity index (χ3n) is 4.30. The number of ketones is 1. The quantitative estimate of drug-likeness (QED) is 0.457. The summed E-state index contributed by atoms with van der Waals surface area (Å²) in [6, 6.07) is 6.60. The van der Waals surface area contributed by atoms with E-state index in [-0.39, 0.29) is 31.1 Å². The second kappa shape index (κ2) is 8.59. The molecule has 0 radical (unpaired) electrons. The molecule has 3 aromatic heterocycles. The van der Waals surface area contributed by atoms with E-state index in [0.717, 1.165) is 5.69 Å². The molecule has 0 unspecified atom stereocenters. The summed E-state index contributed by atoms with van der Waals surface area (Å²) in [5.41, 5.74) is 1.94.